The summed E-state index contributed by atoms with van der Waals surface area (Å²) in [4.78, 5) is 23.0. The largest absolute Gasteiger partial charge is 0.457 e. The number of ether oxygens (including phenoxy) is 1. The second kappa shape index (κ2) is 9.36. The van der Waals surface area contributed by atoms with Gasteiger partial charge in [-0.25, -0.2) is 14.6 Å². The van der Waals surface area contributed by atoms with E-state index in [1.54, 1.807) is 13.0 Å². The maximum absolute atomic E-state index is 12.3. The van der Waals surface area contributed by atoms with Crippen molar-refractivity contribution >= 4 is 28.6 Å². The summed E-state index contributed by atoms with van der Waals surface area (Å²) in [6.07, 6.45) is 1.44. The van der Waals surface area contributed by atoms with E-state index in [9.17, 15) is 4.79 Å². The molecule has 0 unspecified atom stereocenters. The van der Waals surface area contributed by atoms with Gasteiger partial charge in [-0.3, -0.25) is 15.0 Å². The second-order valence-electron chi connectivity index (χ2n) is 8.92. The number of fused-ring (bicyclic) bond motifs is 1. The lowest BCUT2D eigenvalue weighted by Crippen LogP contribution is -2.50. The molecule has 37 heavy (non-hydrogen) atoms. The molecule has 3 aromatic heterocycles. The number of carbonyl (C=O) groups excluding carboxylic acids is 1. The summed E-state index contributed by atoms with van der Waals surface area (Å²) in [5.74, 6) is 2.03. The Hall–Kier alpha value is -4.77. The monoisotopic (exact) mass is 496 g/mol. The molecule has 0 radical (unpaired) electrons. The number of hydrogen-bond donors (Lipinski definition) is 2. The van der Waals surface area contributed by atoms with Crippen LogP contribution in [-0.4, -0.2) is 55.3 Å². The molecule has 5 aromatic rings. The molecule has 0 atom stereocenters. The van der Waals surface area contributed by atoms with Crippen LogP contribution < -0.4 is 15.8 Å². The Morgan fingerprint density at radius 3 is 2.59 bits per heavy atom. The lowest BCUT2D eigenvalue weighted by atomic mass is 10.1. The summed E-state index contributed by atoms with van der Waals surface area (Å²) in [6.45, 7) is 3.33. The van der Waals surface area contributed by atoms with Crippen molar-refractivity contribution in [3.8, 4) is 22.8 Å². The van der Waals surface area contributed by atoms with Crippen LogP contribution in [0, 0.1) is 6.92 Å². The highest BCUT2D eigenvalue weighted by molar-refractivity contribution is 5.98. The average Bonchev–Trinajstić information content (AvgIpc) is 3.46. The van der Waals surface area contributed by atoms with Crippen LogP contribution in [-0.2, 0) is 4.79 Å². The van der Waals surface area contributed by atoms with Crippen molar-refractivity contribution in [1.82, 2.24) is 29.8 Å². The third-order valence-corrected chi connectivity index (χ3v) is 6.17. The predicted molar refractivity (Wildman–Crippen MR) is 137 cm³/mol. The Bertz CT molecular complexity index is 1560. The van der Waals surface area contributed by atoms with Gasteiger partial charge >= 0.3 is 0 Å². The number of nitrogens with two attached hydrogens (primary N) is 1. The molecule has 1 aliphatic heterocycles. The fraction of sp³-hybridized carbons (Fsp3) is 0.192. The normalized spacial score (nSPS) is 14.0. The molecule has 6 rings (SSSR count). The van der Waals surface area contributed by atoms with E-state index in [-0.39, 0.29) is 18.5 Å². The van der Waals surface area contributed by atoms with E-state index in [0.29, 0.717) is 47.2 Å². The van der Waals surface area contributed by atoms with Gasteiger partial charge in [-0.05, 0) is 43.3 Å². The van der Waals surface area contributed by atoms with Gasteiger partial charge in [-0.1, -0.05) is 23.4 Å². The van der Waals surface area contributed by atoms with Gasteiger partial charge in [-0.15, -0.1) is 0 Å². The number of aryl methyl sites for hydroxylation is 1. The Morgan fingerprint density at radius 1 is 1.11 bits per heavy atom. The molecule has 2 aromatic carbocycles. The molecule has 4 heterocycles. The third kappa shape index (κ3) is 4.59. The zero-order valence-electron chi connectivity index (χ0n) is 20.0. The van der Waals surface area contributed by atoms with Crippen molar-refractivity contribution in [2.24, 2.45) is 0 Å². The molecule has 1 saturated heterocycles. The van der Waals surface area contributed by atoms with E-state index in [2.05, 4.69) is 20.4 Å². The maximum Gasteiger partial charge on any atom is 0.240 e. The van der Waals surface area contributed by atoms with Crippen LogP contribution in [0.4, 0.5) is 11.7 Å². The van der Waals surface area contributed by atoms with Crippen LogP contribution in [0.25, 0.3) is 22.3 Å². The number of nitrogens with one attached hydrogen (secondary N) is 1. The number of carbonyl (C=O) groups is 1. The average molecular weight is 497 g/mol. The van der Waals surface area contributed by atoms with Crippen LogP contribution in [0.3, 0.4) is 0 Å². The molecule has 0 bridgehead atoms. The quantitative estimate of drug-likeness (QED) is 0.346. The molecule has 0 spiro atoms. The van der Waals surface area contributed by atoms with Crippen LogP contribution in [0.15, 0.2) is 71.5 Å². The standard InChI is InChI=1S/C26H24N8O3/c1-16-11-22(37-32-16)30-21(35)14-33-12-18(13-33)34-26-23(25(27)28-15-29-26)24(31-34)17-7-9-20(10-8-17)36-19-5-3-2-4-6-19/h2-11,15,18H,12-14H2,1H3,(H,30,35)(H2,27,28,29). The lowest BCUT2D eigenvalue weighted by Gasteiger charge is -2.38. The van der Waals surface area contributed by atoms with E-state index >= 15 is 0 Å². The minimum atomic E-state index is -0.162. The van der Waals surface area contributed by atoms with Crippen molar-refractivity contribution in [2.45, 2.75) is 13.0 Å². The number of nitrogen functional groups attached to an aromatic ring is 1. The Labute approximate surface area is 211 Å². The van der Waals surface area contributed by atoms with Crippen molar-refractivity contribution in [1.29, 1.82) is 0 Å². The summed E-state index contributed by atoms with van der Waals surface area (Å²) in [5, 5.41) is 12.1. The molecule has 0 saturated carbocycles. The molecule has 3 N–H and O–H groups in total. The highest BCUT2D eigenvalue weighted by Gasteiger charge is 2.33. The number of rotatable bonds is 7. The number of aromatic nitrogens is 5. The van der Waals surface area contributed by atoms with Crippen LogP contribution in [0.2, 0.25) is 0 Å². The maximum atomic E-state index is 12.3. The first-order valence-electron chi connectivity index (χ1n) is 11.8. The van der Waals surface area contributed by atoms with Crippen LogP contribution in [0.5, 0.6) is 11.5 Å². The molecule has 11 heteroatoms. The molecule has 186 valence electrons. The van der Waals surface area contributed by atoms with Crippen molar-refractivity contribution in [3.05, 3.63) is 72.7 Å². The highest BCUT2D eigenvalue weighted by Crippen LogP contribution is 2.34. The number of benzene rings is 2. The van der Waals surface area contributed by atoms with Crippen LogP contribution in [0.1, 0.15) is 11.7 Å². The van der Waals surface area contributed by atoms with E-state index < -0.39 is 0 Å². The minimum absolute atomic E-state index is 0.0477. The zero-order chi connectivity index (χ0) is 25.4. The van der Waals surface area contributed by atoms with Gasteiger partial charge in [0.2, 0.25) is 11.8 Å². The first-order chi connectivity index (χ1) is 18.0. The van der Waals surface area contributed by atoms with Gasteiger partial charge in [-0.2, -0.15) is 5.10 Å². The number of anilines is 2. The Kier molecular flexibility index (Phi) is 5.73. The second-order valence-corrected chi connectivity index (χ2v) is 8.92. The molecule has 1 amide bonds. The van der Waals surface area contributed by atoms with Crippen molar-refractivity contribution < 1.29 is 14.1 Å². The van der Waals surface area contributed by atoms with Gasteiger partial charge < -0.3 is 15.0 Å². The third-order valence-electron chi connectivity index (χ3n) is 6.17. The van der Waals surface area contributed by atoms with Gasteiger partial charge in [0, 0.05) is 24.7 Å². The molecule has 1 aliphatic rings. The summed E-state index contributed by atoms with van der Waals surface area (Å²) in [6, 6.07) is 19.0. The lowest BCUT2D eigenvalue weighted by molar-refractivity contribution is -0.118. The first kappa shape index (κ1) is 22.7. The molecular weight excluding hydrogens is 472 g/mol. The number of amides is 1. The van der Waals surface area contributed by atoms with E-state index in [1.165, 1.54) is 6.33 Å². The van der Waals surface area contributed by atoms with E-state index in [1.807, 2.05) is 64.2 Å². The highest BCUT2D eigenvalue weighted by atomic mass is 16.5. The molecular formula is C26H24N8O3. The fourth-order valence-electron chi connectivity index (χ4n) is 4.39. The zero-order valence-corrected chi connectivity index (χ0v) is 20.0. The van der Waals surface area contributed by atoms with Gasteiger partial charge in [0.15, 0.2) is 5.65 Å². The summed E-state index contributed by atoms with van der Waals surface area (Å²) < 4.78 is 12.8. The smallest absolute Gasteiger partial charge is 0.240 e. The number of likely N-dealkylation sites (tertiary alicyclic amines) is 1. The van der Waals surface area contributed by atoms with Gasteiger partial charge in [0.25, 0.3) is 0 Å². The van der Waals surface area contributed by atoms with Gasteiger partial charge in [0.05, 0.1) is 23.7 Å². The fourth-order valence-corrected chi connectivity index (χ4v) is 4.39. The number of nitrogens with zero attached hydrogens (tertiary/aromatic N) is 6. The van der Waals surface area contributed by atoms with E-state index in [0.717, 1.165) is 17.1 Å². The van der Waals surface area contributed by atoms with Gasteiger partial charge in [0.1, 0.15) is 29.3 Å². The molecule has 0 aliphatic carbocycles. The number of para-hydroxylation sites is 1. The Balaban J connectivity index is 1.19. The van der Waals surface area contributed by atoms with Crippen molar-refractivity contribution in [3.63, 3.8) is 0 Å². The van der Waals surface area contributed by atoms with Crippen LogP contribution >= 0.6 is 0 Å². The minimum Gasteiger partial charge on any atom is -0.457 e. The Morgan fingerprint density at radius 2 is 1.86 bits per heavy atom. The topological polar surface area (TPSA) is 137 Å². The van der Waals surface area contributed by atoms with E-state index in [4.69, 9.17) is 20.1 Å². The molecule has 1 fully saturated rings. The predicted octanol–water partition coefficient (Wildman–Crippen LogP) is 3.66. The summed E-state index contributed by atoms with van der Waals surface area (Å²) >= 11 is 0. The molecule has 11 nitrogen and oxygen atoms in total. The number of hydrogen-bond acceptors (Lipinski definition) is 9. The van der Waals surface area contributed by atoms with Crippen molar-refractivity contribution in [2.75, 3.05) is 30.7 Å². The summed E-state index contributed by atoms with van der Waals surface area (Å²) in [7, 11) is 0. The summed E-state index contributed by atoms with van der Waals surface area (Å²) in [5.41, 5.74) is 9.22. The SMILES string of the molecule is Cc1cc(NC(=O)CN2CC(n3nc(-c4ccc(Oc5ccccc5)cc4)c4c(N)ncnc43)C2)on1. The first-order valence-corrected chi connectivity index (χ1v) is 11.8.